The molecule has 0 spiro atoms. The molecule has 0 aliphatic heterocycles. The first-order valence-corrected chi connectivity index (χ1v) is 8.79. The van der Waals surface area contributed by atoms with Crippen molar-refractivity contribution in [2.45, 2.75) is 13.8 Å². The van der Waals surface area contributed by atoms with Crippen LogP contribution in [-0.2, 0) is 0 Å². The van der Waals surface area contributed by atoms with Crippen LogP contribution in [0.3, 0.4) is 0 Å². The molecule has 0 saturated carbocycles. The van der Waals surface area contributed by atoms with Crippen LogP contribution >= 0.6 is 0 Å². The molecule has 136 valence electrons. The van der Waals surface area contributed by atoms with Crippen LogP contribution in [-0.4, -0.2) is 23.3 Å². The number of rotatable bonds is 5. The van der Waals surface area contributed by atoms with Crippen LogP contribution in [0, 0.1) is 6.92 Å². The summed E-state index contributed by atoms with van der Waals surface area (Å²) in [5, 5.41) is 2.82. The smallest absolute Gasteiger partial charge is 0.276 e. The van der Waals surface area contributed by atoms with Crippen molar-refractivity contribution in [1.82, 2.24) is 4.98 Å². The van der Waals surface area contributed by atoms with Gasteiger partial charge >= 0.3 is 0 Å². The molecule has 1 aromatic heterocycles. The van der Waals surface area contributed by atoms with E-state index in [-0.39, 0.29) is 17.5 Å². The zero-order chi connectivity index (χ0) is 19.2. The van der Waals surface area contributed by atoms with Gasteiger partial charge in [0.15, 0.2) is 0 Å². The van der Waals surface area contributed by atoms with Crippen molar-refractivity contribution in [2.24, 2.45) is 0 Å². The maximum Gasteiger partial charge on any atom is 0.276 e. The Morgan fingerprint density at radius 2 is 1.78 bits per heavy atom. The third-order valence-electron chi connectivity index (χ3n) is 4.15. The minimum atomic E-state index is -0.281. The Balaban J connectivity index is 1.83. The van der Waals surface area contributed by atoms with Crippen LogP contribution < -0.4 is 10.2 Å². The third kappa shape index (κ3) is 4.39. The zero-order valence-corrected chi connectivity index (χ0v) is 15.3. The monoisotopic (exact) mass is 359 g/mol. The van der Waals surface area contributed by atoms with Gasteiger partial charge in [-0.25, -0.2) is 0 Å². The van der Waals surface area contributed by atoms with Gasteiger partial charge in [0.05, 0.1) is 0 Å². The number of aryl methyl sites for hydroxylation is 1. The Hall–Kier alpha value is -3.47. The first-order valence-electron chi connectivity index (χ1n) is 8.79. The molecule has 3 rings (SSSR count). The summed E-state index contributed by atoms with van der Waals surface area (Å²) in [6.07, 6.45) is 1.48. The highest BCUT2D eigenvalue weighted by Crippen LogP contribution is 2.18. The number of anilines is 2. The maximum absolute atomic E-state index is 13.0. The Morgan fingerprint density at radius 3 is 2.48 bits per heavy atom. The summed E-state index contributed by atoms with van der Waals surface area (Å²) in [4.78, 5) is 31.3. The molecule has 3 aromatic rings. The summed E-state index contributed by atoms with van der Waals surface area (Å²) >= 11 is 0. The molecule has 5 heteroatoms. The van der Waals surface area contributed by atoms with E-state index < -0.39 is 0 Å². The molecule has 0 saturated heterocycles. The molecular formula is C22H21N3O2. The standard InChI is InChI=1S/C22H21N3O2/c1-3-25(19-11-7-8-16(2)14-19)22(27)20-15-17(12-13-23-20)21(26)24-18-9-5-4-6-10-18/h4-15H,3H2,1-2H3,(H,24,26). The number of carbonyl (C=O) groups is 2. The van der Waals surface area contributed by atoms with E-state index in [2.05, 4.69) is 10.3 Å². The van der Waals surface area contributed by atoms with Crippen molar-refractivity contribution in [1.29, 1.82) is 0 Å². The molecule has 0 radical (unpaired) electrons. The topological polar surface area (TPSA) is 62.3 Å². The number of aromatic nitrogens is 1. The molecule has 0 bridgehead atoms. The molecule has 2 amide bonds. The van der Waals surface area contributed by atoms with Crippen molar-refractivity contribution in [3.63, 3.8) is 0 Å². The minimum absolute atomic E-state index is 0.235. The molecular weight excluding hydrogens is 338 g/mol. The molecule has 5 nitrogen and oxygen atoms in total. The van der Waals surface area contributed by atoms with Crippen molar-refractivity contribution in [3.8, 4) is 0 Å². The summed E-state index contributed by atoms with van der Waals surface area (Å²) in [5.74, 6) is -0.520. The summed E-state index contributed by atoms with van der Waals surface area (Å²) in [6.45, 7) is 4.39. The molecule has 0 fully saturated rings. The molecule has 2 aromatic carbocycles. The molecule has 0 atom stereocenters. The van der Waals surface area contributed by atoms with Gasteiger partial charge in [0.2, 0.25) is 0 Å². The normalized spacial score (nSPS) is 10.3. The van der Waals surface area contributed by atoms with E-state index in [1.54, 1.807) is 11.0 Å². The Labute approximate surface area is 158 Å². The van der Waals surface area contributed by atoms with E-state index in [9.17, 15) is 9.59 Å². The highest BCUT2D eigenvalue weighted by Gasteiger charge is 2.19. The van der Waals surface area contributed by atoms with Gasteiger partial charge in [-0.15, -0.1) is 0 Å². The van der Waals surface area contributed by atoms with Gasteiger partial charge in [-0.3, -0.25) is 14.6 Å². The van der Waals surface area contributed by atoms with Crippen molar-refractivity contribution in [3.05, 3.63) is 89.7 Å². The van der Waals surface area contributed by atoms with E-state index in [0.717, 1.165) is 11.3 Å². The largest absolute Gasteiger partial charge is 0.322 e. The number of carbonyl (C=O) groups excluding carboxylic acids is 2. The van der Waals surface area contributed by atoms with Gasteiger partial charge in [-0.2, -0.15) is 0 Å². The van der Waals surface area contributed by atoms with Gasteiger partial charge < -0.3 is 10.2 Å². The van der Waals surface area contributed by atoms with Crippen LogP contribution in [0.1, 0.15) is 33.3 Å². The van der Waals surface area contributed by atoms with E-state index in [1.165, 1.54) is 12.3 Å². The van der Waals surface area contributed by atoms with Crippen LogP contribution in [0.25, 0.3) is 0 Å². The van der Waals surface area contributed by atoms with Gasteiger partial charge in [0, 0.05) is 29.7 Å². The lowest BCUT2D eigenvalue weighted by atomic mass is 10.1. The summed E-state index contributed by atoms with van der Waals surface area (Å²) in [5.41, 5.74) is 3.20. The van der Waals surface area contributed by atoms with Gasteiger partial charge in [-0.1, -0.05) is 30.3 Å². The predicted octanol–water partition coefficient (Wildman–Crippen LogP) is 4.31. The highest BCUT2D eigenvalue weighted by atomic mass is 16.2. The average Bonchev–Trinajstić information content (AvgIpc) is 2.69. The van der Waals surface area contributed by atoms with Crippen molar-refractivity contribution in [2.75, 3.05) is 16.8 Å². The number of nitrogens with zero attached hydrogens (tertiary/aromatic N) is 2. The number of benzene rings is 2. The Morgan fingerprint density at radius 1 is 1.00 bits per heavy atom. The van der Waals surface area contributed by atoms with E-state index in [0.29, 0.717) is 17.8 Å². The second kappa shape index (κ2) is 8.27. The Kier molecular flexibility index (Phi) is 5.61. The van der Waals surface area contributed by atoms with Gasteiger partial charge in [0.1, 0.15) is 5.69 Å². The lowest BCUT2D eigenvalue weighted by molar-refractivity contribution is 0.0983. The van der Waals surface area contributed by atoms with Gasteiger partial charge in [0.25, 0.3) is 11.8 Å². The molecule has 0 unspecified atom stereocenters. The van der Waals surface area contributed by atoms with Crippen LogP contribution in [0.5, 0.6) is 0 Å². The number of amides is 2. The summed E-state index contributed by atoms with van der Waals surface area (Å²) in [6, 6.07) is 20.0. The summed E-state index contributed by atoms with van der Waals surface area (Å²) < 4.78 is 0. The van der Waals surface area contributed by atoms with Crippen LogP contribution in [0.4, 0.5) is 11.4 Å². The van der Waals surface area contributed by atoms with E-state index in [4.69, 9.17) is 0 Å². The molecule has 0 aliphatic carbocycles. The lowest BCUT2D eigenvalue weighted by Gasteiger charge is -2.21. The second-order valence-corrected chi connectivity index (χ2v) is 6.14. The number of para-hydroxylation sites is 1. The second-order valence-electron chi connectivity index (χ2n) is 6.14. The number of nitrogens with one attached hydrogen (secondary N) is 1. The van der Waals surface area contributed by atoms with Gasteiger partial charge in [-0.05, 0) is 55.8 Å². The Bertz CT molecular complexity index is 955. The average molecular weight is 359 g/mol. The van der Waals surface area contributed by atoms with Crippen LogP contribution in [0.15, 0.2) is 72.9 Å². The number of hydrogen-bond acceptors (Lipinski definition) is 3. The van der Waals surface area contributed by atoms with E-state index in [1.807, 2.05) is 68.4 Å². The quantitative estimate of drug-likeness (QED) is 0.738. The van der Waals surface area contributed by atoms with Crippen LogP contribution in [0.2, 0.25) is 0 Å². The highest BCUT2D eigenvalue weighted by molar-refractivity contribution is 6.08. The molecule has 1 N–H and O–H groups in total. The first kappa shape index (κ1) is 18.3. The fourth-order valence-electron chi connectivity index (χ4n) is 2.79. The zero-order valence-electron chi connectivity index (χ0n) is 15.3. The lowest BCUT2D eigenvalue weighted by Crippen LogP contribution is -2.31. The minimum Gasteiger partial charge on any atom is -0.322 e. The SMILES string of the molecule is CCN(C(=O)c1cc(C(=O)Nc2ccccc2)ccn1)c1cccc(C)c1. The first-order chi connectivity index (χ1) is 13.1. The predicted molar refractivity (Wildman–Crippen MR) is 107 cm³/mol. The third-order valence-corrected chi connectivity index (χ3v) is 4.15. The number of hydrogen-bond donors (Lipinski definition) is 1. The van der Waals surface area contributed by atoms with E-state index >= 15 is 0 Å². The fraction of sp³-hybridized carbons (Fsp3) is 0.136. The molecule has 0 aliphatic rings. The molecule has 1 heterocycles. The fourth-order valence-corrected chi connectivity index (χ4v) is 2.79. The molecule has 27 heavy (non-hydrogen) atoms. The van der Waals surface area contributed by atoms with Crippen molar-refractivity contribution >= 4 is 23.2 Å². The van der Waals surface area contributed by atoms with Crippen molar-refractivity contribution < 1.29 is 9.59 Å². The maximum atomic E-state index is 13.0. The number of pyridine rings is 1. The summed E-state index contributed by atoms with van der Waals surface area (Å²) in [7, 11) is 0.